The Morgan fingerprint density at radius 1 is 1.16 bits per heavy atom. The summed E-state index contributed by atoms with van der Waals surface area (Å²) < 4.78 is 0. The molecule has 1 heterocycles. The Labute approximate surface area is 115 Å². The van der Waals surface area contributed by atoms with Crippen molar-refractivity contribution in [3.05, 3.63) is 54.1 Å². The van der Waals surface area contributed by atoms with Gasteiger partial charge in [-0.2, -0.15) is 0 Å². The molecule has 0 fully saturated rings. The summed E-state index contributed by atoms with van der Waals surface area (Å²) in [6.45, 7) is 0. The van der Waals surface area contributed by atoms with Gasteiger partial charge in [-0.05, 0) is 30.2 Å². The molecule has 4 heteroatoms. The third kappa shape index (κ3) is 2.44. The quantitative estimate of drug-likeness (QED) is 0.825. The first-order valence-corrected chi connectivity index (χ1v) is 6.95. The summed E-state index contributed by atoms with van der Waals surface area (Å²) in [7, 11) is 0. The molecule has 3 rings (SSSR count). The van der Waals surface area contributed by atoms with Crippen molar-refractivity contribution in [2.45, 2.75) is 16.6 Å². The summed E-state index contributed by atoms with van der Waals surface area (Å²) in [5.41, 5.74) is 1.67. The number of hydrogen-bond acceptors (Lipinski definition) is 3. The van der Waals surface area contributed by atoms with Crippen molar-refractivity contribution in [3.8, 4) is 5.75 Å². The van der Waals surface area contributed by atoms with Crippen LogP contribution in [0.1, 0.15) is 5.56 Å². The number of hydrogen-bond donors (Lipinski definition) is 2. The van der Waals surface area contributed by atoms with Crippen LogP contribution in [0.25, 0.3) is 0 Å². The zero-order chi connectivity index (χ0) is 13.2. The molecule has 0 spiro atoms. The summed E-state index contributed by atoms with van der Waals surface area (Å²) in [6, 6.07) is 14.8. The van der Waals surface area contributed by atoms with Crippen molar-refractivity contribution in [2.75, 3.05) is 5.32 Å². The zero-order valence-corrected chi connectivity index (χ0v) is 11.0. The number of phenolic OH excluding ortho intramolecular Hbond substituents is 1. The first kappa shape index (κ1) is 12.1. The molecule has 2 N–H and O–H groups in total. The van der Waals surface area contributed by atoms with Crippen molar-refractivity contribution in [3.63, 3.8) is 0 Å². The van der Waals surface area contributed by atoms with Crippen molar-refractivity contribution in [1.82, 2.24) is 0 Å². The van der Waals surface area contributed by atoms with Gasteiger partial charge in [-0.3, -0.25) is 4.79 Å². The fourth-order valence-corrected chi connectivity index (χ4v) is 3.32. The number of rotatable bonds is 2. The summed E-state index contributed by atoms with van der Waals surface area (Å²) in [6.07, 6.45) is 0.736. The minimum absolute atomic E-state index is 0.0669. The topological polar surface area (TPSA) is 49.3 Å². The van der Waals surface area contributed by atoms with Crippen molar-refractivity contribution >= 4 is 23.4 Å². The lowest BCUT2D eigenvalue weighted by molar-refractivity contribution is -0.115. The number of amides is 1. The highest BCUT2D eigenvalue weighted by Crippen LogP contribution is 2.37. The van der Waals surface area contributed by atoms with Gasteiger partial charge in [-0.1, -0.05) is 30.3 Å². The molecule has 96 valence electrons. The van der Waals surface area contributed by atoms with Crippen LogP contribution < -0.4 is 5.32 Å². The number of nitrogens with one attached hydrogen (secondary N) is 1. The van der Waals surface area contributed by atoms with Crippen LogP contribution in [0.4, 0.5) is 5.69 Å². The zero-order valence-electron chi connectivity index (χ0n) is 10.2. The maximum absolute atomic E-state index is 12.2. The molecule has 0 bridgehead atoms. The summed E-state index contributed by atoms with van der Waals surface area (Å²) in [5.74, 6) is 0.0269. The second-order valence-corrected chi connectivity index (χ2v) is 5.67. The van der Waals surface area contributed by atoms with E-state index in [0.717, 1.165) is 6.42 Å². The van der Waals surface area contributed by atoms with Crippen molar-refractivity contribution in [1.29, 1.82) is 0 Å². The standard InChI is InChI=1S/C15H13NO2S/c17-12-7-3-2-6-11(12)16-15(18)14-9-10-5-1-4-8-13(10)19-14/h1-8,14,17H,9H2,(H,16,18)/t14-/m0/s1. The molecule has 3 nitrogen and oxygen atoms in total. The van der Waals surface area contributed by atoms with Gasteiger partial charge < -0.3 is 10.4 Å². The molecule has 1 aliphatic heterocycles. The molecule has 0 saturated carbocycles. The van der Waals surface area contributed by atoms with Crippen LogP contribution in [0.15, 0.2) is 53.4 Å². The highest BCUT2D eigenvalue weighted by molar-refractivity contribution is 8.01. The molecule has 0 aliphatic carbocycles. The number of aromatic hydroxyl groups is 1. The fraction of sp³-hybridized carbons (Fsp3) is 0.133. The molecule has 1 amide bonds. The van der Waals surface area contributed by atoms with Crippen molar-refractivity contribution in [2.24, 2.45) is 0 Å². The van der Waals surface area contributed by atoms with Gasteiger partial charge in [-0.25, -0.2) is 0 Å². The van der Waals surface area contributed by atoms with Gasteiger partial charge in [0.1, 0.15) is 5.75 Å². The smallest absolute Gasteiger partial charge is 0.238 e. The van der Waals surface area contributed by atoms with Gasteiger partial charge in [0.2, 0.25) is 5.91 Å². The van der Waals surface area contributed by atoms with E-state index in [4.69, 9.17) is 0 Å². The molecule has 0 saturated heterocycles. The van der Waals surface area contributed by atoms with Crippen LogP contribution in [-0.4, -0.2) is 16.3 Å². The summed E-state index contributed by atoms with van der Waals surface area (Å²) in [5, 5.41) is 12.3. The van der Waals surface area contributed by atoms with E-state index < -0.39 is 0 Å². The van der Waals surface area contributed by atoms with Crippen LogP contribution in [0.2, 0.25) is 0 Å². The Hall–Kier alpha value is -1.94. The highest BCUT2D eigenvalue weighted by Gasteiger charge is 2.28. The Bertz CT molecular complexity index is 602. The van der Waals surface area contributed by atoms with Gasteiger partial charge in [0.15, 0.2) is 0 Å². The average molecular weight is 271 g/mol. The lowest BCUT2D eigenvalue weighted by Crippen LogP contribution is -2.24. The van der Waals surface area contributed by atoms with E-state index >= 15 is 0 Å². The van der Waals surface area contributed by atoms with Gasteiger partial charge in [0.05, 0.1) is 10.9 Å². The molecule has 2 aromatic carbocycles. The predicted octanol–water partition coefficient (Wildman–Crippen LogP) is 3.05. The summed E-state index contributed by atoms with van der Waals surface area (Å²) in [4.78, 5) is 13.4. The minimum Gasteiger partial charge on any atom is -0.506 e. The molecular weight excluding hydrogens is 258 g/mol. The second kappa shape index (κ2) is 4.97. The lowest BCUT2D eigenvalue weighted by Gasteiger charge is -2.10. The van der Waals surface area contributed by atoms with Crippen LogP contribution in [0.3, 0.4) is 0 Å². The first-order chi connectivity index (χ1) is 9.24. The van der Waals surface area contributed by atoms with Gasteiger partial charge in [-0.15, -0.1) is 11.8 Å². The van der Waals surface area contributed by atoms with E-state index in [2.05, 4.69) is 11.4 Å². The molecule has 0 unspecified atom stereocenters. The third-order valence-electron chi connectivity index (χ3n) is 3.10. The molecule has 19 heavy (non-hydrogen) atoms. The monoisotopic (exact) mass is 271 g/mol. The number of para-hydroxylation sites is 2. The maximum atomic E-state index is 12.2. The van der Waals surface area contributed by atoms with E-state index in [9.17, 15) is 9.90 Å². The minimum atomic E-state index is -0.128. The van der Waals surface area contributed by atoms with Gasteiger partial charge in [0, 0.05) is 4.90 Å². The third-order valence-corrected chi connectivity index (χ3v) is 4.42. The largest absolute Gasteiger partial charge is 0.506 e. The Morgan fingerprint density at radius 3 is 2.68 bits per heavy atom. The van der Waals surface area contributed by atoms with Crippen LogP contribution >= 0.6 is 11.8 Å². The van der Waals surface area contributed by atoms with Crippen LogP contribution in [0, 0.1) is 0 Å². The molecule has 1 atom stereocenters. The number of fused-ring (bicyclic) bond motifs is 1. The van der Waals surface area contributed by atoms with Gasteiger partial charge in [0.25, 0.3) is 0 Å². The van der Waals surface area contributed by atoms with E-state index in [-0.39, 0.29) is 16.9 Å². The van der Waals surface area contributed by atoms with Crippen LogP contribution in [0.5, 0.6) is 5.75 Å². The highest BCUT2D eigenvalue weighted by atomic mass is 32.2. The van der Waals surface area contributed by atoms with E-state index in [0.29, 0.717) is 5.69 Å². The van der Waals surface area contributed by atoms with E-state index in [1.807, 2.05) is 18.2 Å². The number of carbonyl (C=O) groups excluding carboxylic acids is 1. The average Bonchev–Trinajstić information content (AvgIpc) is 2.85. The Balaban J connectivity index is 1.72. The molecule has 0 aromatic heterocycles. The number of anilines is 1. The molecule has 1 aliphatic rings. The number of carbonyl (C=O) groups is 1. The maximum Gasteiger partial charge on any atom is 0.238 e. The lowest BCUT2D eigenvalue weighted by atomic mass is 10.1. The van der Waals surface area contributed by atoms with E-state index in [1.165, 1.54) is 10.5 Å². The predicted molar refractivity (Wildman–Crippen MR) is 76.5 cm³/mol. The second-order valence-electron chi connectivity index (χ2n) is 4.42. The number of thioether (sulfide) groups is 1. The Kier molecular flexibility index (Phi) is 3.17. The fourth-order valence-electron chi connectivity index (χ4n) is 2.12. The SMILES string of the molecule is O=C(Nc1ccccc1O)[C@@H]1Cc2ccccc2S1. The van der Waals surface area contributed by atoms with Gasteiger partial charge >= 0.3 is 0 Å². The van der Waals surface area contributed by atoms with Crippen molar-refractivity contribution < 1.29 is 9.90 Å². The first-order valence-electron chi connectivity index (χ1n) is 6.07. The molecule has 0 radical (unpaired) electrons. The molecular formula is C15H13NO2S. The van der Waals surface area contributed by atoms with E-state index in [1.54, 1.807) is 36.0 Å². The van der Waals surface area contributed by atoms with Crippen LogP contribution in [-0.2, 0) is 11.2 Å². The summed E-state index contributed by atoms with van der Waals surface area (Å²) >= 11 is 1.58. The molecule has 2 aromatic rings. The normalized spacial score (nSPS) is 16.9. The number of benzene rings is 2. The Morgan fingerprint density at radius 2 is 1.89 bits per heavy atom. The number of phenols is 1.